The third kappa shape index (κ3) is 2.82. The minimum atomic E-state index is -0.206. The molecule has 0 spiro atoms. The van der Waals surface area contributed by atoms with Gasteiger partial charge in [0, 0.05) is 5.56 Å². The number of fused-ring (bicyclic) bond motifs is 1. The zero-order valence-electron chi connectivity index (χ0n) is 11.4. The maximum Gasteiger partial charge on any atom is 0.176 e. The number of benzene rings is 1. The van der Waals surface area contributed by atoms with Crippen molar-refractivity contribution in [2.45, 2.75) is 19.4 Å². The number of nitrogens with one attached hydrogen (secondary N) is 1. The molecular formula is C14H20N2O2. The predicted molar refractivity (Wildman–Crippen MR) is 72.5 cm³/mol. The van der Waals surface area contributed by atoms with Gasteiger partial charge in [0.1, 0.15) is 11.4 Å². The lowest BCUT2D eigenvalue weighted by molar-refractivity contribution is 0.0957. The highest BCUT2D eigenvalue weighted by Gasteiger charge is 2.26. The number of anilines is 1. The highest BCUT2D eigenvalue weighted by Crippen LogP contribution is 2.33. The molecule has 0 saturated carbocycles. The fourth-order valence-electron chi connectivity index (χ4n) is 1.95. The minimum Gasteiger partial charge on any atom is -0.484 e. The largest absolute Gasteiger partial charge is 0.484 e. The minimum absolute atomic E-state index is 0.120. The van der Waals surface area contributed by atoms with E-state index in [9.17, 15) is 4.79 Å². The van der Waals surface area contributed by atoms with E-state index in [2.05, 4.69) is 5.32 Å². The van der Waals surface area contributed by atoms with Crippen LogP contribution in [0.15, 0.2) is 18.2 Å². The summed E-state index contributed by atoms with van der Waals surface area (Å²) in [6, 6.07) is 5.57. The SMILES string of the molecule is CN(C)CC(=O)c1ccc2c(c1)NCC(C)(C)O2. The molecule has 1 aliphatic heterocycles. The molecule has 1 aromatic rings. The van der Waals surface area contributed by atoms with Crippen LogP contribution in [0.3, 0.4) is 0 Å². The Labute approximate surface area is 108 Å². The third-order valence-electron chi connectivity index (χ3n) is 2.85. The number of carbonyl (C=O) groups is 1. The van der Waals surface area contributed by atoms with Crippen LogP contribution in [0, 0.1) is 0 Å². The molecule has 0 unspecified atom stereocenters. The number of likely N-dealkylation sites (N-methyl/N-ethyl adjacent to an activating group) is 1. The summed E-state index contributed by atoms with van der Waals surface area (Å²) in [5.74, 6) is 0.932. The van der Waals surface area contributed by atoms with E-state index < -0.39 is 0 Å². The van der Waals surface area contributed by atoms with E-state index in [-0.39, 0.29) is 11.4 Å². The maximum absolute atomic E-state index is 12.0. The number of hydrogen-bond donors (Lipinski definition) is 1. The third-order valence-corrected chi connectivity index (χ3v) is 2.85. The summed E-state index contributed by atoms with van der Waals surface area (Å²) >= 11 is 0. The van der Waals surface area contributed by atoms with Gasteiger partial charge in [0.25, 0.3) is 0 Å². The van der Waals surface area contributed by atoms with Crippen LogP contribution in [0.25, 0.3) is 0 Å². The maximum atomic E-state index is 12.0. The van der Waals surface area contributed by atoms with Crippen LogP contribution in [0.4, 0.5) is 5.69 Å². The number of rotatable bonds is 3. The summed E-state index contributed by atoms with van der Waals surface area (Å²) in [7, 11) is 3.78. The molecule has 1 N–H and O–H groups in total. The average Bonchev–Trinajstić information content (AvgIpc) is 2.26. The van der Waals surface area contributed by atoms with Crippen LogP contribution in [-0.4, -0.2) is 43.5 Å². The second-order valence-corrected chi connectivity index (χ2v) is 5.59. The highest BCUT2D eigenvalue weighted by molar-refractivity contribution is 5.98. The Morgan fingerprint density at radius 2 is 2.17 bits per heavy atom. The van der Waals surface area contributed by atoms with Crippen molar-refractivity contribution in [3.8, 4) is 5.75 Å². The van der Waals surface area contributed by atoms with Crippen LogP contribution in [0.2, 0.25) is 0 Å². The number of ether oxygens (including phenoxy) is 1. The van der Waals surface area contributed by atoms with Gasteiger partial charge < -0.3 is 15.0 Å². The van der Waals surface area contributed by atoms with Crippen molar-refractivity contribution < 1.29 is 9.53 Å². The van der Waals surface area contributed by atoms with Gasteiger partial charge in [0.15, 0.2) is 5.78 Å². The van der Waals surface area contributed by atoms with E-state index in [0.29, 0.717) is 6.54 Å². The Balaban J connectivity index is 2.21. The van der Waals surface area contributed by atoms with Crippen molar-refractivity contribution in [3.63, 3.8) is 0 Å². The molecule has 0 fully saturated rings. The monoisotopic (exact) mass is 248 g/mol. The van der Waals surface area contributed by atoms with Crippen molar-refractivity contribution in [2.24, 2.45) is 0 Å². The number of nitrogens with zero attached hydrogens (tertiary/aromatic N) is 1. The predicted octanol–water partition coefficient (Wildman–Crippen LogP) is 2.01. The first-order chi connectivity index (χ1) is 8.37. The lowest BCUT2D eigenvalue weighted by Gasteiger charge is -2.33. The van der Waals surface area contributed by atoms with Gasteiger partial charge in [-0.25, -0.2) is 0 Å². The molecule has 2 rings (SSSR count). The van der Waals surface area contributed by atoms with Crippen LogP contribution < -0.4 is 10.1 Å². The van der Waals surface area contributed by atoms with Crippen molar-refractivity contribution >= 4 is 11.5 Å². The Morgan fingerprint density at radius 3 is 2.83 bits per heavy atom. The molecule has 1 aromatic carbocycles. The summed E-state index contributed by atoms with van der Waals surface area (Å²) in [5, 5.41) is 3.31. The first-order valence-electron chi connectivity index (χ1n) is 6.12. The van der Waals surface area contributed by atoms with Gasteiger partial charge >= 0.3 is 0 Å². The molecular weight excluding hydrogens is 228 g/mol. The molecule has 4 heteroatoms. The second-order valence-electron chi connectivity index (χ2n) is 5.59. The summed E-state index contributed by atoms with van der Waals surface area (Å²) in [5.41, 5.74) is 1.42. The van der Waals surface area contributed by atoms with Gasteiger partial charge in [0.2, 0.25) is 0 Å². The molecule has 0 saturated heterocycles. The number of hydrogen-bond acceptors (Lipinski definition) is 4. The molecule has 0 aliphatic carbocycles. The summed E-state index contributed by atoms with van der Waals surface area (Å²) in [4.78, 5) is 13.8. The van der Waals surface area contributed by atoms with Crippen LogP contribution in [0.5, 0.6) is 5.75 Å². The Hall–Kier alpha value is -1.55. The quantitative estimate of drug-likeness (QED) is 0.831. The molecule has 0 atom stereocenters. The van der Waals surface area contributed by atoms with Gasteiger partial charge in [0.05, 0.1) is 18.8 Å². The highest BCUT2D eigenvalue weighted by atomic mass is 16.5. The van der Waals surface area contributed by atoms with Crippen LogP contribution >= 0.6 is 0 Å². The molecule has 0 amide bonds. The van der Waals surface area contributed by atoms with Crippen molar-refractivity contribution in [2.75, 3.05) is 32.5 Å². The van der Waals surface area contributed by atoms with Crippen molar-refractivity contribution in [1.29, 1.82) is 0 Å². The Kier molecular flexibility index (Phi) is 3.30. The molecule has 4 nitrogen and oxygen atoms in total. The van der Waals surface area contributed by atoms with E-state index in [1.165, 1.54) is 0 Å². The fourth-order valence-corrected chi connectivity index (χ4v) is 1.95. The second kappa shape index (κ2) is 4.61. The topological polar surface area (TPSA) is 41.6 Å². The zero-order valence-corrected chi connectivity index (χ0v) is 11.4. The fraction of sp³-hybridized carbons (Fsp3) is 0.500. The smallest absolute Gasteiger partial charge is 0.176 e. The van der Waals surface area contributed by atoms with E-state index in [1.54, 1.807) is 0 Å². The lowest BCUT2D eigenvalue weighted by atomic mass is 10.0. The Morgan fingerprint density at radius 1 is 1.44 bits per heavy atom. The molecule has 1 aliphatic rings. The first kappa shape index (κ1) is 12.9. The van der Waals surface area contributed by atoms with Crippen LogP contribution in [-0.2, 0) is 0 Å². The normalized spacial score (nSPS) is 16.7. The molecule has 98 valence electrons. The number of carbonyl (C=O) groups excluding carboxylic acids is 1. The van der Waals surface area contributed by atoms with Crippen LogP contribution in [0.1, 0.15) is 24.2 Å². The summed E-state index contributed by atoms with van der Waals surface area (Å²) in [6.07, 6.45) is 0. The van der Waals surface area contributed by atoms with Crippen molar-refractivity contribution in [1.82, 2.24) is 4.90 Å². The number of ketones is 1. The summed E-state index contributed by atoms with van der Waals surface area (Å²) in [6.45, 7) is 5.23. The average molecular weight is 248 g/mol. The summed E-state index contributed by atoms with van der Waals surface area (Å²) < 4.78 is 5.85. The van der Waals surface area contributed by atoms with Gasteiger partial charge in [-0.15, -0.1) is 0 Å². The van der Waals surface area contributed by atoms with E-state index in [0.717, 1.165) is 23.5 Å². The first-order valence-corrected chi connectivity index (χ1v) is 6.12. The molecule has 0 radical (unpaired) electrons. The van der Waals surface area contributed by atoms with E-state index in [4.69, 9.17) is 4.74 Å². The standard InChI is InChI=1S/C14H20N2O2/c1-14(2)9-15-11-7-10(5-6-13(11)18-14)12(17)8-16(3)4/h5-7,15H,8-9H2,1-4H3. The van der Waals surface area contributed by atoms with Gasteiger partial charge in [-0.05, 0) is 46.1 Å². The van der Waals surface area contributed by atoms with Gasteiger partial charge in [-0.1, -0.05) is 0 Å². The van der Waals surface area contributed by atoms with Gasteiger partial charge in [-0.2, -0.15) is 0 Å². The van der Waals surface area contributed by atoms with Gasteiger partial charge in [-0.3, -0.25) is 4.79 Å². The molecule has 1 heterocycles. The zero-order chi connectivity index (χ0) is 13.3. The molecule has 0 bridgehead atoms. The number of Topliss-reactive ketones (excluding diaryl/α,β-unsaturated/α-hetero) is 1. The van der Waals surface area contributed by atoms with Crippen molar-refractivity contribution in [3.05, 3.63) is 23.8 Å². The molecule has 18 heavy (non-hydrogen) atoms. The Bertz CT molecular complexity index is 467. The van der Waals surface area contributed by atoms with E-state index in [1.807, 2.05) is 51.0 Å². The molecule has 0 aromatic heterocycles. The van der Waals surface area contributed by atoms with E-state index >= 15 is 0 Å². The lowest BCUT2D eigenvalue weighted by Crippen LogP contribution is -2.40.